The molecule has 0 aliphatic heterocycles. The lowest BCUT2D eigenvalue weighted by atomic mass is 10.4. The standard InChI is InChI=1S/C11H10BrN3O2/c12-7-1-4-10(14-5-7)15-6-8-2-3-9(17-8)11(13)16/h1-5H,6H2,(H2,13,16)(H,14,15). The summed E-state index contributed by atoms with van der Waals surface area (Å²) in [7, 11) is 0. The second-order valence-electron chi connectivity index (χ2n) is 3.35. The van der Waals surface area contributed by atoms with Gasteiger partial charge in [-0.3, -0.25) is 4.79 Å². The first-order valence-corrected chi connectivity index (χ1v) is 5.68. The monoisotopic (exact) mass is 295 g/mol. The molecule has 0 fully saturated rings. The zero-order valence-electron chi connectivity index (χ0n) is 8.81. The average molecular weight is 296 g/mol. The molecule has 2 aromatic rings. The lowest BCUT2D eigenvalue weighted by molar-refractivity contribution is 0.0972. The molecule has 0 aliphatic carbocycles. The van der Waals surface area contributed by atoms with Crippen molar-refractivity contribution in [3.05, 3.63) is 46.5 Å². The molecule has 88 valence electrons. The molecule has 2 aromatic heterocycles. The smallest absolute Gasteiger partial charge is 0.284 e. The third-order valence-corrected chi connectivity index (χ3v) is 2.54. The summed E-state index contributed by atoms with van der Waals surface area (Å²) >= 11 is 3.30. The maximum absolute atomic E-state index is 10.8. The zero-order chi connectivity index (χ0) is 12.3. The molecule has 0 atom stereocenters. The summed E-state index contributed by atoms with van der Waals surface area (Å²) in [6, 6.07) is 6.97. The predicted octanol–water partition coefficient (Wildman–Crippen LogP) is 2.15. The fourth-order valence-corrected chi connectivity index (χ4v) is 1.50. The van der Waals surface area contributed by atoms with E-state index in [2.05, 4.69) is 26.2 Å². The van der Waals surface area contributed by atoms with Crippen molar-refractivity contribution in [2.45, 2.75) is 6.54 Å². The van der Waals surface area contributed by atoms with E-state index in [4.69, 9.17) is 10.2 Å². The molecular formula is C11H10BrN3O2. The number of nitrogens with zero attached hydrogens (tertiary/aromatic N) is 1. The van der Waals surface area contributed by atoms with Gasteiger partial charge >= 0.3 is 0 Å². The summed E-state index contributed by atoms with van der Waals surface area (Å²) in [5.74, 6) is 0.942. The zero-order valence-corrected chi connectivity index (χ0v) is 10.4. The van der Waals surface area contributed by atoms with Crippen LogP contribution in [0.5, 0.6) is 0 Å². The van der Waals surface area contributed by atoms with Crippen LogP contribution in [-0.2, 0) is 6.54 Å². The van der Waals surface area contributed by atoms with Gasteiger partial charge in [-0.15, -0.1) is 0 Å². The van der Waals surface area contributed by atoms with E-state index in [0.29, 0.717) is 12.3 Å². The van der Waals surface area contributed by atoms with Crippen LogP contribution < -0.4 is 11.1 Å². The highest BCUT2D eigenvalue weighted by atomic mass is 79.9. The van der Waals surface area contributed by atoms with Crippen molar-refractivity contribution in [3.63, 3.8) is 0 Å². The van der Waals surface area contributed by atoms with Crippen LogP contribution in [0, 0.1) is 0 Å². The van der Waals surface area contributed by atoms with Crippen molar-refractivity contribution in [2.75, 3.05) is 5.32 Å². The Morgan fingerprint density at radius 3 is 2.82 bits per heavy atom. The Labute approximate surface area is 106 Å². The normalized spacial score (nSPS) is 10.2. The fraction of sp³-hybridized carbons (Fsp3) is 0.0909. The van der Waals surface area contributed by atoms with E-state index >= 15 is 0 Å². The molecule has 0 aliphatic rings. The second-order valence-corrected chi connectivity index (χ2v) is 4.26. The van der Waals surface area contributed by atoms with Gasteiger partial charge in [-0.05, 0) is 40.2 Å². The number of nitrogens with one attached hydrogen (secondary N) is 1. The number of hydrogen-bond donors (Lipinski definition) is 2. The Hall–Kier alpha value is -1.82. The summed E-state index contributed by atoms with van der Waals surface area (Å²) in [6.07, 6.45) is 1.69. The van der Waals surface area contributed by atoms with Crippen molar-refractivity contribution in [3.8, 4) is 0 Å². The molecule has 0 spiro atoms. The molecular weight excluding hydrogens is 286 g/mol. The lowest BCUT2D eigenvalue weighted by Crippen LogP contribution is -2.09. The van der Waals surface area contributed by atoms with Gasteiger partial charge in [0, 0.05) is 10.7 Å². The summed E-state index contributed by atoms with van der Waals surface area (Å²) in [4.78, 5) is 15.0. The maximum Gasteiger partial charge on any atom is 0.284 e. The Morgan fingerprint density at radius 2 is 2.24 bits per heavy atom. The number of rotatable bonds is 4. The minimum atomic E-state index is -0.571. The largest absolute Gasteiger partial charge is 0.454 e. The summed E-state index contributed by atoms with van der Waals surface area (Å²) in [5.41, 5.74) is 5.08. The Balaban J connectivity index is 1.97. The van der Waals surface area contributed by atoms with Crippen LogP contribution in [0.15, 0.2) is 39.4 Å². The molecule has 2 heterocycles. The topological polar surface area (TPSA) is 81.2 Å². The molecule has 17 heavy (non-hydrogen) atoms. The van der Waals surface area contributed by atoms with Gasteiger partial charge in [0.2, 0.25) is 0 Å². The molecule has 0 radical (unpaired) electrons. The molecule has 0 saturated heterocycles. The minimum absolute atomic E-state index is 0.158. The SMILES string of the molecule is NC(=O)c1ccc(CNc2ccc(Br)cn2)o1. The number of aromatic nitrogens is 1. The van der Waals surface area contributed by atoms with Crippen molar-refractivity contribution in [2.24, 2.45) is 5.73 Å². The lowest BCUT2D eigenvalue weighted by Gasteiger charge is -2.02. The first kappa shape index (κ1) is 11.7. The van der Waals surface area contributed by atoms with Crippen LogP contribution in [0.25, 0.3) is 0 Å². The predicted molar refractivity (Wildman–Crippen MR) is 66.5 cm³/mol. The fourth-order valence-electron chi connectivity index (χ4n) is 1.26. The first-order valence-electron chi connectivity index (χ1n) is 4.89. The van der Waals surface area contributed by atoms with Crippen molar-refractivity contribution in [1.82, 2.24) is 4.98 Å². The summed E-state index contributed by atoms with van der Waals surface area (Å²) in [6.45, 7) is 0.446. The van der Waals surface area contributed by atoms with E-state index in [-0.39, 0.29) is 5.76 Å². The van der Waals surface area contributed by atoms with Crippen molar-refractivity contribution in [1.29, 1.82) is 0 Å². The molecule has 6 heteroatoms. The summed E-state index contributed by atoms with van der Waals surface area (Å²) < 4.78 is 6.13. The van der Waals surface area contributed by atoms with E-state index in [1.54, 1.807) is 18.3 Å². The number of halogens is 1. The van der Waals surface area contributed by atoms with Gasteiger partial charge in [0.1, 0.15) is 11.6 Å². The average Bonchev–Trinajstić information content (AvgIpc) is 2.77. The van der Waals surface area contributed by atoms with Gasteiger partial charge in [-0.1, -0.05) is 0 Å². The van der Waals surface area contributed by atoms with E-state index in [1.165, 1.54) is 0 Å². The Morgan fingerprint density at radius 1 is 1.41 bits per heavy atom. The molecule has 1 amide bonds. The number of primary amides is 1. The highest BCUT2D eigenvalue weighted by molar-refractivity contribution is 9.10. The number of carbonyl (C=O) groups is 1. The van der Waals surface area contributed by atoms with Crippen molar-refractivity contribution >= 4 is 27.7 Å². The van der Waals surface area contributed by atoms with E-state index < -0.39 is 5.91 Å². The van der Waals surface area contributed by atoms with Crippen LogP contribution >= 0.6 is 15.9 Å². The van der Waals surface area contributed by atoms with Crippen molar-refractivity contribution < 1.29 is 9.21 Å². The molecule has 0 aromatic carbocycles. The van der Waals surface area contributed by atoms with Crippen LogP contribution in [0.2, 0.25) is 0 Å². The van der Waals surface area contributed by atoms with Crippen LogP contribution in [0.4, 0.5) is 5.82 Å². The number of hydrogen-bond acceptors (Lipinski definition) is 4. The highest BCUT2D eigenvalue weighted by Crippen LogP contribution is 2.12. The van der Waals surface area contributed by atoms with E-state index in [1.807, 2.05) is 12.1 Å². The third kappa shape index (κ3) is 3.07. The summed E-state index contributed by atoms with van der Waals surface area (Å²) in [5, 5.41) is 3.06. The van der Waals surface area contributed by atoms with Gasteiger partial charge in [0.25, 0.3) is 5.91 Å². The molecule has 2 rings (SSSR count). The molecule has 5 nitrogen and oxygen atoms in total. The van der Waals surface area contributed by atoms with Crippen LogP contribution in [0.1, 0.15) is 16.3 Å². The Bertz CT molecular complexity index is 522. The van der Waals surface area contributed by atoms with E-state index in [0.717, 1.165) is 10.3 Å². The van der Waals surface area contributed by atoms with Gasteiger partial charge in [-0.2, -0.15) is 0 Å². The molecule has 0 bridgehead atoms. The van der Waals surface area contributed by atoms with Gasteiger partial charge in [0.15, 0.2) is 5.76 Å². The molecule has 0 unspecified atom stereocenters. The van der Waals surface area contributed by atoms with Gasteiger partial charge in [0.05, 0.1) is 6.54 Å². The number of amides is 1. The van der Waals surface area contributed by atoms with Crippen LogP contribution in [-0.4, -0.2) is 10.9 Å². The second kappa shape index (κ2) is 5.01. The number of furan rings is 1. The number of nitrogens with two attached hydrogens (primary N) is 1. The third-order valence-electron chi connectivity index (χ3n) is 2.08. The number of carbonyl (C=O) groups excluding carboxylic acids is 1. The minimum Gasteiger partial charge on any atom is -0.454 e. The van der Waals surface area contributed by atoms with Gasteiger partial charge in [-0.25, -0.2) is 4.98 Å². The first-order chi connectivity index (χ1) is 8.15. The van der Waals surface area contributed by atoms with Crippen LogP contribution in [0.3, 0.4) is 0 Å². The maximum atomic E-state index is 10.8. The number of anilines is 1. The van der Waals surface area contributed by atoms with E-state index in [9.17, 15) is 4.79 Å². The number of pyridine rings is 1. The molecule has 3 N–H and O–H groups in total. The molecule has 0 saturated carbocycles. The highest BCUT2D eigenvalue weighted by Gasteiger charge is 2.06. The Kier molecular flexibility index (Phi) is 3.43. The van der Waals surface area contributed by atoms with Gasteiger partial charge < -0.3 is 15.5 Å². The quantitative estimate of drug-likeness (QED) is 0.905.